The van der Waals surface area contributed by atoms with Gasteiger partial charge in [-0.3, -0.25) is 4.79 Å². The largest absolute Gasteiger partial charge is 0.405 e. The van der Waals surface area contributed by atoms with Crippen molar-refractivity contribution in [2.75, 3.05) is 25.0 Å². The molecular weight excluding hydrogens is 259 g/mol. The Hall–Kier alpha value is -1.76. The van der Waals surface area contributed by atoms with E-state index >= 15 is 0 Å². The second kappa shape index (κ2) is 6.42. The third kappa shape index (κ3) is 5.17. The van der Waals surface area contributed by atoms with Gasteiger partial charge >= 0.3 is 6.18 Å². The Bertz CT molecular complexity index is 434. The molecule has 1 rings (SSSR count). The summed E-state index contributed by atoms with van der Waals surface area (Å²) in [6, 6.07) is 7.15. The van der Waals surface area contributed by atoms with Gasteiger partial charge in [-0.15, -0.1) is 0 Å². The van der Waals surface area contributed by atoms with E-state index in [2.05, 4.69) is 0 Å². The minimum Gasteiger partial charge on any atom is -0.365 e. The number of anilines is 1. The number of rotatable bonds is 5. The van der Waals surface area contributed by atoms with Gasteiger partial charge in [-0.25, -0.2) is 0 Å². The van der Waals surface area contributed by atoms with E-state index in [0.717, 1.165) is 11.3 Å². The summed E-state index contributed by atoms with van der Waals surface area (Å²) in [6.07, 6.45) is -4.40. The quantitative estimate of drug-likeness (QED) is 0.850. The molecular formula is C12H16F3N3O. The number of hydrogen-bond donors (Lipinski definition) is 2. The second-order valence-electron chi connectivity index (χ2n) is 4.08. The molecule has 0 saturated carbocycles. The maximum absolute atomic E-state index is 12.0. The van der Waals surface area contributed by atoms with Gasteiger partial charge in [-0.2, -0.15) is 13.2 Å². The van der Waals surface area contributed by atoms with E-state index in [1.54, 1.807) is 30.1 Å². The van der Waals surface area contributed by atoms with Gasteiger partial charge < -0.3 is 16.0 Å². The first-order valence-electron chi connectivity index (χ1n) is 5.66. The fourth-order valence-electron chi connectivity index (χ4n) is 1.61. The first kappa shape index (κ1) is 15.3. The van der Waals surface area contributed by atoms with E-state index in [0.29, 0.717) is 6.54 Å². The molecule has 0 heterocycles. The van der Waals surface area contributed by atoms with Crippen LogP contribution in [0.5, 0.6) is 0 Å². The van der Waals surface area contributed by atoms with Gasteiger partial charge in [0.25, 0.3) is 0 Å². The van der Waals surface area contributed by atoms with Crippen LogP contribution in [0.1, 0.15) is 5.56 Å². The number of carbonyl (C=O) groups is 1. The van der Waals surface area contributed by atoms with Crippen molar-refractivity contribution in [2.45, 2.75) is 12.7 Å². The first-order chi connectivity index (χ1) is 8.83. The Balaban J connectivity index is 2.59. The number of hydrogen-bond acceptors (Lipinski definition) is 3. The third-order valence-electron chi connectivity index (χ3n) is 2.49. The van der Waals surface area contributed by atoms with Gasteiger partial charge in [0.2, 0.25) is 5.91 Å². The molecule has 1 aromatic carbocycles. The summed E-state index contributed by atoms with van der Waals surface area (Å²) in [5.41, 5.74) is 7.12. The molecule has 0 aliphatic rings. The molecule has 0 unspecified atom stereocenters. The van der Waals surface area contributed by atoms with E-state index in [1.807, 2.05) is 11.4 Å². The van der Waals surface area contributed by atoms with Crippen LogP contribution in [0.3, 0.4) is 0 Å². The summed E-state index contributed by atoms with van der Waals surface area (Å²) in [6.45, 7) is -1.18. The van der Waals surface area contributed by atoms with Gasteiger partial charge in [0.15, 0.2) is 0 Å². The molecule has 0 atom stereocenters. The molecule has 0 aliphatic heterocycles. The highest BCUT2D eigenvalue weighted by Crippen LogP contribution is 2.18. The first-order valence-corrected chi connectivity index (χ1v) is 5.66. The van der Waals surface area contributed by atoms with Crippen molar-refractivity contribution in [1.82, 2.24) is 5.32 Å². The summed E-state index contributed by atoms with van der Waals surface area (Å²) < 4.78 is 35.9. The smallest absolute Gasteiger partial charge is 0.365 e. The Labute approximate surface area is 109 Å². The number of nitrogens with two attached hydrogens (primary N) is 1. The van der Waals surface area contributed by atoms with Crippen molar-refractivity contribution in [1.29, 1.82) is 0 Å². The monoisotopic (exact) mass is 275 g/mol. The maximum atomic E-state index is 12.0. The van der Waals surface area contributed by atoms with Crippen molar-refractivity contribution in [3.63, 3.8) is 0 Å². The van der Waals surface area contributed by atoms with E-state index in [4.69, 9.17) is 5.73 Å². The number of alkyl halides is 3. The number of benzene rings is 1. The number of nitrogens with one attached hydrogen (secondary N) is 1. The van der Waals surface area contributed by atoms with Crippen LogP contribution in [0.25, 0.3) is 0 Å². The highest BCUT2D eigenvalue weighted by molar-refractivity contribution is 5.81. The van der Waals surface area contributed by atoms with Gasteiger partial charge in [-0.05, 0) is 11.6 Å². The summed E-state index contributed by atoms with van der Waals surface area (Å²) in [7, 11) is 1.63. The normalized spacial score (nSPS) is 11.2. The fraction of sp³-hybridized carbons (Fsp3) is 0.417. The van der Waals surface area contributed by atoms with Crippen LogP contribution in [-0.2, 0) is 11.3 Å². The van der Waals surface area contributed by atoms with Crippen LogP contribution in [0.2, 0.25) is 0 Å². The van der Waals surface area contributed by atoms with Crippen molar-refractivity contribution < 1.29 is 18.0 Å². The summed E-state index contributed by atoms with van der Waals surface area (Å²) in [5.74, 6) is -0.688. The van der Waals surface area contributed by atoms with Crippen molar-refractivity contribution in [3.05, 3.63) is 29.8 Å². The molecule has 19 heavy (non-hydrogen) atoms. The van der Waals surface area contributed by atoms with Crippen molar-refractivity contribution in [3.8, 4) is 0 Å². The molecule has 0 spiro atoms. The fourth-order valence-corrected chi connectivity index (χ4v) is 1.61. The zero-order valence-electron chi connectivity index (χ0n) is 10.5. The van der Waals surface area contributed by atoms with Gasteiger partial charge in [0, 0.05) is 19.3 Å². The Morgan fingerprint density at radius 3 is 2.58 bits per heavy atom. The SMILES string of the molecule is CN(CC(=O)NCC(F)(F)F)c1ccccc1CN. The predicted octanol–water partition coefficient (Wildman–Crippen LogP) is 1.26. The molecule has 4 nitrogen and oxygen atoms in total. The molecule has 1 amide bonds. The molecule has 0 aromatic heterocycles. The standard InChI is InChI=1S/C12H16F3N3O/c1-18(7-11(19)17-8-12(13,14)15)10-5-3-2-4-9(10)6-16/h2-5H,6-8,16H2,1H3,(H,17,19). The lowest BCUT2D eigenvalue weighted by molar-refractivity contribution is -0.137. The van der Waals surface area contributed by atoms with Crippen LogP contribution >= 0.6 is 0 Å². The van der Waals surface area contributed by atoms with Crippen LogP contribution in [0.15, 0.2) is 24.3 Å². The highest BCUT2D eigenvalue weighted by Gasteiger charge is 2.27. The molecule has 7 heteroatoms. The van der Waals surface area contributed by atoms with E-state index < -0.39 is 18.6 Å². The van der Waals surface area contributed by atoms with Crippen molar-refractivity contribution in [2.24, 2.45) is 5.73 Å². The Morgan fingerprint density at radius 2 is 2.00 bits per heavy atom. The van der Waals surface area contributed by atoms with E-state index in [1.165, 1.54) is 0 Å². The van der Waals surface area contributed by atoms with Crippen LogP contribution < -0.4 is 16.0 Å². The molecule has 106 valence electrons. The lowest BCUT2D eigenvalue weighted by Gasteiger charge is -2.21. The average molecular weight is 275 g/mol. The number of amides is 1. The Morgan fingerprint density at radius 1 is 1.37 bits per heavy atom. The number of halogens is 3. The Kier molecular flexibility index (Phi) is 5.17. The third-order valence-corrected chi connectivity index (χ3v) is 2.49. The van der Waals surface area contributed by atoms with E-state index in [9.17, 15) is 18.0 Å². The summed E-state index contributed by atoms with van der Waals surface area (Å²) >= 11 is 0. The van der Waals surface area contributed by atoms with Crippen molar-refractivity contribution >= 4 is 11.6 Å². The molecule has 1 aromatic rings. The summed E-state index contributed by atoms with van der Waals surface area (Å²) in [4.78, 5) is 13.0. The summed E-state index contributed by atoms with van der Waals surface area (Å²) in [5, 5.41) is 1.82. The molecule has 3 N–H and O–H groups in total. The molecule has 0 bridgehead atoms. The molecule has 0 fully saturated rings. The zero-order chi connectivity index (χ0) is 14.5. The minimum absolute atomic E-state index is 0.160. The lowest BCUT2D eigenvalue weighted by Crippen LogP contribution is -2.40. The topological polar surface area (TPSA) is 58.4 Å². The number of nitrogens with zero attached hydrogens (tertiary/aromatic N) is 1. The van der Waals surface area contributed by atoms with E-state index in [-0.39, 0.29) is 6.54 Å². The van der Waals surface area contributed by atoms with Gasteiger partial charge in [-0.1, -0.05) is 18.2 Å². The molecule has 0 saturated heterocycles. The number of likely N-dealkylation sites (N-methyl/N-ethyl adjacent to an activating group) is 1. The van der Waals surface area contributed by atoms with Gasteiger partial charge in [0.05, 0.1) is 6.54 Å². The average Bonchev–Trinajstić information content (AvgIpc) is 2.35. The van der Waals surface area contributed by atoms with Crippen LogP contribution in [0.4, 0.5) is 18.9 Å². The number of para-hydroxylation sites is 1. The zero-order valence-corrected chi connectivity index (χ0v) is 10.5. The van der Waals surface area contributed by atoms with Crippen LogP contribution in [-0.4, -0.2) is 32.2 Å². The minimum atomic E-state index is -4.40. The van der Waals surface area contributed by atoms with Crippen LogP contribution in [0, 0.1) is 0 Å². The maximum Gasteiger partial charge on any atom is 0.405 e. The molecule has 0 aliphatic carbocycles. The number of carbonyl (C=O) groups excluding carboxylic acids is 1. The van der Waals surface area contributed by atoms with Gasteiger partial charge in [0.1, 0.15) is 6.54 Å². The lowest BCUT2D eigenvalue weighted by atomic mass is 10.1. The predicted molar refractivity (Wildman–Crippen MR) is 66.7 cm³/mol. The highest BCUT2D eigenvalue weighted by atomic mass is 19.4. The molecule has 0 radical (unpaired) electrons. The second-order valence-corrected chi connectivity index (χ2v) is 4.08.